The number of aryl methyl sites for hydroxylation is 1. The molecule has 1 fully saturated rings. The van der Waals surface area contributed by atoms with Crippen LogP contribution in [0.2, 0.25) is 0 Å². The van der Waals surface area contributed by atoms with Crippen molar-refractivity contribution >= 4 is 16.7 Å². The molecule has 3 heterocycles. The molecule has 1 aliphatic rings. The topological polar surface area (TPSA) is 65.1 Å². The molecule has 7 heteroatoms. The van der Waals surface area contributed by atoms with E-state index in [0.717, 1.165) is 29.7 Å². The van der Waals surface area contributed by atoms with E-state index in [-0.39, 0.29) is 17.4 Å². The van der Waals surface area contributed by atoms with E-state index in [4.69, 9.17) is 0 Å². The van der Waals surface area contributed by atoms with Crippen molar-refractivity contribution in [2.45, 2.75) is 46.1 Å². The molecule has 4 aromatic rings. The lowest BCUT2D eigenvalue weighted by molar-refractivity contribution is 0.183. The quantitative estimate of drug-likeness (QED) is 0.491. The van der Waals surface area contributed by atoms with Crippen molar-refractivity contribution in [3.8, 4) is 11.1 Å². The Labute approximate surface area is 173 Å². The van der Waals surface area contributed by atoms with Gasteiger partial charge in [-0.3, -0.25) is 4.79 Å². The van der Waals surface area contributed by atoms with Crippen LogP contribution in [0, 0.1) is 24.6 Å². The molecule has 1 saturated carbocycles. The van der Waals surface area contributed by atoms with E-state index in [2.05, 4.69) is 29.1 Å². The highest BCUT2D eigenvalue weighted by molar-refractivity contribution is 5.84. The number of hydrogen-bond acceptors (Lipinski definition) is 4. The lowest BCUT2D eigenvalue weighted by Crippen LogP contribution is -2.34. The summed E-state index contributed by atoms with van der Waals surface area (Å²) in [6.45, 7) is 6.37. The fourth-order valence-corrected chi connectivity index (χ4v) is 4.83. The van der Waals surface area contributed by atoms with Gasteiger partial charge in [-0.15, -0.1) is 10.2 Å². The van der Waals surface area contributed by atoms with Crippen molar-refractivity contribution in [1.29, 1.82) is 0 Å². The maximum atomic E-state index is 13.4. The number of pyridine rings is 1. The number of nitrogens with zero attached hydrogens (tertiary/aromatic N) is 5. The Morgan fingerprint density at radius 2 is 1.83 bits per heavy atom. The van der Waals surface area contributed by atoms with Crippen LogP contribution in [0.4, 0.5) is 4.39 Å². The van der Waals surface area contributed by atoms with Crippen LogP contribution in [-0.4, -0.2) is 24.4 Å². The predicted molar refractivity (Wildman–Crippen MR) is 114 cm³/mol. The molecule has 0 unspecified atom stereocenters. The van der Waals surface area contributed by atoms with Crippen molar-refractivity contribution in [3.05, 3.63) is 58.4 Å². The van der Waals surface area contributed by atoms with Crippen LogP contribution in [0.3, 0.4) is 0 Å². The third kappa shape index (κ3) is 2.83. The largest absolute Gasteiger partial charge is 0.310 e. The molecule has 154 valence electrons. The highest BCUT2D eigenvalue weighted by Crippen LogP contribution is 2.37. The third-order valence-electron chi connectivity index (χ3n) is 6.74. The van der Waals surface area contributed by atoms with Crippen molar-refractivity contribution in [2.24, 2.45) is 11.8 Å². The van der Waals surface area contributed by atoms with E-state index in [0.29, 0.717) is 28.5 Å². The van der Waals surface area contributed by atoms with Crippen LogP contribution in [0.25, 0.3) is 27.8 Å². The van der Waals surface area contributed by atoms with Gasteiger partial charge in [0, 0.05) is 12.2 Å². The Kier molecular flexibility index (Phi) is 4.41. The molecule has 0 spiro atoms. The van der Waals surface area contributed by atoms with E-state index >= 15 is 0 Å². The van der Waals surface area contributed by atoms with Crippen LogP contribution >= 0.6 is 0 Å². The molecule has 3 atom stereocenters. The number of halogens is 1. The van der Waals surface area contributed by atoms with Crippen LogP contribution in [0.15, 0.2) is 41.3 Å². The monoisotopic (exact) mass is 405 g/mol. The van der Waals surface area contributed by atoms with Crippen molar-refractivity contribution in [2.75, 3.05) is 0 Å². The Hall–Kier alpha value is -3.09. The molecular weight excluding hydrogens is 381 g/mol. The number of aromatic nitrogens is 5. The molecule has 5 rings (SSSR count). The molecule has 6 nitrogen and oxygen atoms in total. The zero-order valence-corrected chi connectivity index (χ0v) is 17.3. The van der Waals surface area contributed by atoms with Gasteiger partial charge in [0.15, 0.2) is 11.2 Å². The summed E-state index contributed by atoms with van der Waals surface area (Å²) in [6.07, 6.45) is 5.21. The molecule has 0 radical (unpaired) electrons. The first-order valence-corrected chi connectivity index (χ1v) is 10.5. The summed E-state index contributed by atoms with van der Waals surface area (Å²) in [5, 5.41) is 13.3. The van der Waals surface area contributed by atoms with Gasteiger partial charge in [-0.2, -0.15) is 5.10 Å². The Morgan fingerprint density at radius 3 is 2.60 bits per heavy atom. The standard InChI is InChI=1S/C23H24FN5O/c1-13-5-4-6-18(14(13)2)28-12-11-19-21(23(28)30)25-26-22-20(15(3)27-29(19)22)16-7-9-17(24)10-8-16/h7-14,18H,4-6H2,1-3H3/t13-,14+,18+/m0/s1. The number of hydrogen-bond donors (Lipinski definition) is 0. The van der Waals surface area contributed by atoms with Gasteiger partial charge >= 0.3 is 0 Å². The molecule has 0 N–H and O–H groups in total. The lowest BCUT2D eigenvalue weighted by atomic mass is 9.78. The second kappa shape index (κ2) is 7.00. The molecule has 0 aliphatic heterocycles. The van der Waals surface area contributed by atoms with E-state index in [1.165, 1.54) is 18.6 Å². The summed E-state index contributed by atoms with van der Waals surface area (Å²) >= 11 is 0. The minimum atomic E-state index is -0.295. The molecule has 0 saturated heterocycles. The van der Waals surface area contributed by atoms with Crippen molar-refractivity contribution in [3.63, 3.8) is 0 Å². The van der Waals surface area contributed by atoms with Gasteiger partial charge in [0.1, 0.15) is 11.3 Å². The van der Waals surface area contributed by atoms with Crippen molar-refractivity contribution in [1.82, 2.24) is 24.4 Å². The average Bonchev–Trinajstić information content (AvgIpc) is 3.08. The molecule has 3 aromatic heterocycles. The summed E-state index contributed by atoms with van der Waals surface area (Å²) in [4.78, 5) is 13.3. The van der Waals surface area contributed by atoms with Gasteiger partial charge < -0.3 is 4.57 Å². The first kappa shape index (κ1) is 18.9. The maximum absolute atomic E-state index is 13.4. The number of benzene rings is 1. The van der Waals surface area contributed by atoms with Crippen molar-refractivity contribution < 1.29 is 4.39 Å². The second-order valence-electron chi connectivity index (χ2n) is 8.50. The van der Waals surface area contributed by atoms with Gasteiger partial charge in [0.2, 0.25) is 0 Å². The summed E-state index contributed by atoms with van der Waals surface area (Å²) in [7, 11) is 0. The summed E-state index contributed by atoms with van der Waals surface area (Å²) in [5.41, 5.74) is 3.76. The zero-order valence-electron chi connectivity index (χ0n) is 17.3. The average molecular weight is 405 g/mol. The molecule has 1 aliphatic carbocycles. The second-order valence-corrected chi connectivity index (χ2v) is 8.50. The number of rotatable bonds is 2. The predicted octanol–water partition coefficient (Wildman–Crippen LogP) is 4.55. The smallest absolute Gasteiger partial charge is 0.280 e. The molecular formula is C23H24FN5O. The SMILES string of the molecule is Cc1nn2c(nnc3c(=O)n([C@@H]4CCC[C@H](C)[C@H]4C)ccc32)c1-c1ccc(F)cc1. The van der Waals surface area contributed by atoms with E-state index in [9.17, 15) is 9.18 Å². The Bertz CT molecular complexity index is 1310. The van der Waals surface area contributed by atoms with E-state index < -0.39 is 0 Å². The molecule has 30 heavy (non-hydrogen) atoms. The minimum absolute atomic E-state index is 0.121. The van der Waals surface area contributed by atoms with E-state index in [1.54, 1.807) is 16.6 Å². The van der Waals surface area contributed by atoms with Crippen LogP contribution < -0.4 is 5.56 Å². The van der Waals surface area contributed by atoms with Crippen LogP contribution in [0.1, 0.15) is 44.8 Å². The third-order valence-corrected chi connectivity index (χ3v) is 6.74. The first-order valence-electron chi connectivity index (χ1n) is 10.5. The Balaban J connectivity index is 1.68. The highest BCUT2D eigenvalue weighted by Gasteiger charge is 2.29. The van der Waals surface area contributed by atoms with E-state index in [1.807, 2.05) is 23.8 Å². The van der Waals surface area contributed by atoms with Gasteiger partial charge in [0.05, 0.1) is 11.3 Å². The van der Waals surface area contributed by atoms with Gasteiger partial charge in [-0.05, 0) is 48.9 Å². The lowest BCUT2D eigenvalue weighted by Gasteiger charge is -2.35. The van der Waals surface area contributed by atoms with Crippen LogP contribution in [-0.2, 0) is 0 Å². The first-order chi connectivity index (χ1) is 14.5. The number of fused-ring (bicyclic) bond motifs is 3. The summed E-state index contributed by atoms with van der Waals surface area (Å²) < 4.78 is 16.9. The summed E-state index contributed by atoms with van der Waals surface area (Å²) in [5.74, 6) is 0.728. The highest BCUT2D eigenvalue weighted by atomic mass is 19.1. The van der Waals surface area contributed by atoms with Gasteiger partial charge in [-0.1, -0.05) is 38.8 Å². The van der Waals surface area contributed by atoms with Crippen LogP contribution in [0.5, 0.6) is 0 Å². The normalized spacial score (nSPS) is 22.1. The van der Waals surface area contributed by atoms with Gasteiger partial charge in [-0.25, -0.2) is 8.91 Å². The fraction of sp³-hybridized carbons (Fsp3) is 0.391. The zero-order chi connectivity index (χ0) is 21.0. The summed E-state index contributed by atoms with van der Waals surface area (Å²) in [6, 6.07) is 8.32. The molecule has 1 aromatic carbocycles. The molecule has 0 bridgehead atoms. The fourth-order valence-electron chi connectivity index (χ4n) is 4.83. The minimum Gasteiger partial charge on any atom is -0.310 e. The van der Waals surface area contributed by atoms with Gasteiger partial charge in [0.25, 0.3) is 5.56 Å². The Morgan fingerprint density at radius 1 is 1.07 bits per heavy atom. The molecule has 0 amide bonds. The maximum Gasteiger partial charge on any atom is 0.280 e.